The van der Waals surface area contributed by atoms with Gasteiger partial charge in [0.25, 0.3) is 0 Å². The Balaban J connectivity index is 4.68. The second-order valence-electron chi connectivity index (χ2n) is 2.66. The predicted molar refractivity (Wildman–Crippen MR) is 43.8 cm³/mol. The van der Waals surface area contributed by atoms with E-state index in [0.717, 1.165) is 6.08 Å². The van der Waals surface area contributed by atoms with Crippen LogP contribution in [0.25, 0.3) is 0 Å². The predicted octanol–water partition coefficient (Wildman–Crippen LogP) is 3.71. The summed E-state index contributed by atoms with van der Waals surface area (Å²) in [5.41, 5.74) is -0.500. The van der Waals surface area contributed by atoms with Crippen molar-refractivity contribution in [1.29, 1.82) is 0 Å². The number of halogens is 3. The van der Waals surface area contributed by atoms with E-state index in [4.69, 9.17) is 0 Å². The van der Waals surface area contributed by atoms with Gasteiger partial charge in [0.05, 0.1) is 0 Å². The molecule has 1 atom stereocenters. The third kappa shape index (κ3) is 3.11. The third-order valence-corrected chi connectivity index (χ3v) is 1.77. The zero-order valence-corrected chi connectivity index (χ0v) is 7.28. The summed E-state index contributed by atoms with van der Waals surface area (Å²) in [5, 5.41) is 0. The highest BCUT2D eigenvalue weighted by Crippen LogP contribution is 2.32. The maximum atomic E-state index is 12.2. The molecule has 0 spiro atoms. The average Bonchev–Trinajstić information content (AvgIpc) is 1.96. The fraction of sp³-hybridized carbons (Fsp3) is 0.556. The van der Waals surface area contributed by atoms with Gasteiger partial charge in [-0.2, -0.15) is 13.2 Å². The minimum atomic E-state index is -4.22. The lowest BCUT2D eigenvalue weighted by molar-refractivity contribution is -0.0984. The molecule has 0 unspecified atom stereocenters. The van der Waals surface area contributed by atoms with Crippen LogP contribution in [0.4, 0.5) is 13.2 Å². The maximum Gasteiger partial charge on any atom is 0.412 e. The highest BCUT2D eigenvalue weighted by Gasteiger charge is 2.35. The highest BCUT2D eigenvalue weighted by atomic mass is 19.4. The zero-order chi connectivity index (χ0) is 9.78. The SMILES string of the molecule is C=C/C=C(\[C@@H](C)CC)C(F)(F)F. The van der Waals surface area contributed by atoms with Crippen LogP contribution < -0.4 is 0 Å². The van der Waals surface area contributed by atoms with Gasteiger partial charge in [-0.25, -0.2) is 0 Å². The standard InChI is InChI=1S/C9H13F3/c1-4-6-8(7(3)5-2)9(10,11)12/h4,6-7H,1,5H2,2-3H3/b8-6+/t7-/m0/s1. The Labute approximate surface area is 70.8 Å². The second kappa shape index (κ2) is 4.33. The van der Waals surface area contributed by atoms with E-state index in [1.807, 2.05) is 0 Å². The van der Waals surface area contributed by atoms with E-state index >= 15 is 0 Å². The summed E-state index contributed by atoms with van der Waals surface area (Å²) in [5.74, 6) is -0.456. The van der Waals surface area contributed by atoms with Crippen LogP contribution in [0, 0.1) is 5.92 Å². The summed E-state index contributed by atoms with van der Waals surface area (Å²) in [6.07, 6.45) is -1.52. The molecular weight excluding hydrogens is 165 g/mol. The minimum absolute atomic E-state index is 0.456. The van der Waals surface area contributed by atoms with E-state index in [1.54, 1.807) is 13.8 Å². The molecule has 0 aliphatic rings. The van der Waals surface area contributed by atoms with Gasteiger partial charge in [-0.05, 0) is 12.3 Å². The summed E-state index contributed by atoms with van der Waals surface area (Å²) < 4.78 is 36.7. The van der Waals surface area contributed by atoms with Gasteiger partial charge in [0.2, 0.25) is 0 Å². The maximum absolute atomic E-state index is 12.2. The first-order valence-electron chi connectivity index (χ1n) is 3.83. The Morgan fingerprint density at radius 3 is 2.25 bits per heavy atom. The first-order chi connectivity index (χ1) is 5.43. The van der Waals surface area contributed by atoms with Crippen LogP contribution in [0.2, 0.25) is 0 Å². The summed E-state index contributed by atoms with van der Waals surface area (Å²) >= 11 is 0. The highest BCUT2D eigenvalue weighted by molar-refractivity contribution is 5.17. The van der Waals surface area contributed by atoms with Gasteiger partial charge >= 0.3 is 6.18 Å². The van der Waals surface area contributed by atoms with Crippen LogP contribution in [-0.4, -0.2) is 6.18 Å². The first-order valence-corrected chi connectivity index (χ1v) is 3.83. The van der Waals surface area contributed by atoms with Crippen LogP contribution >= 0.6 is 0 Å². The van der Waals surface area contributed by atoms with Crippen molar-refractivity contribution < 1.29 is 13.2 Å². The van der Waals surface area contributed by atoms with E-state index in [0.29, 0.717) is 6.42 Å². The van der Waals surface area contributed by atoms with E-state index < -0.39 is 17.7 Å². The molecule has 0 aromatic rings. The molecule has 0 aliphatic carbocycles. The molecule has 0 heterocycles. The largest absolute Gasteiger partial charge is 0.412 e. The van der Waals surface area contributed by atoms with E-state index in [1.165, 1.54) is 6.08 Å². The lowest BCUT2D eigenvalue weighted by atomic mass is 9.98. The van der Waals surface area contributed by atoms with Gasteiger partial charge in [0.15, 0.2) is 0 Å². The monoisotopic (exact) mass is 178 g/mol. The molecule has 0 saturated heterocycles. The van der Waals surface area contributed by atoms with Crippen LogP contribution in [0.15, 0.2) is 24.3 Å². The minimum Gasteiger partial charge on any atom is -0.166 e. The van der Waals surface area contributed by atoms with E-state index in [2.05, 4.69) is 6.58 Å². The van der Waals surface area contributed by atoms with Crippen LogP contribution in [0.3, 0.4) is 0 Å². The van der Waals surface area contributed by atoms with Crippen molar-refractivity contribution in [1.82, 2.24) is 0 Å². The molecule has 0 rings (SSSR count). The number of hydrogen-bond acceptors (Lipinski definition) is 0. The molecule has 0 amide bonds. The number of allylic oxidation sites excluding steroid dienone is 3. The summed E-state index contributed by atoms with van der Waals surface area (Å²) in [6.45, 7) is 6.54. The molecule has 70 valence electrons. The summed E-state index contributed by atoms with van der Waals surface area (Å²) in [4.78, 5) is 0. The van der Waals surface area contributed by atoms with Gasteiger partial charge in [-0.15, -0.1) is 0 Å². The third-order valence-electron chi connectivity index (χ3n) is 1.77. The molecule has 0 N–H and O–H groups in total. The normalized spacial score (nSPS) is 15.9. The molecule has 0 aromatic heterocycles. The van der Waals surface area contributed by atoms with Gasteiger partial charge in [-0.1, -0.05) is 32.6 Å². The van der Waals surface area contributed by atoms with Crippen LogP contribution in [0.5, 0.6) is 0 Å². The molecule has 0 aliphatic heterocycles. The molecule has 0 radical (unpaired) electrons. The molecule has 0 aromatic carbocycles. The smallest absolute Gasteiger partial charge is 0.166 e. The van der Waals surface area contributed by atoms with Gasteiger partial charge in [0.1, 0.15) is 0 Å². The summed E-state index contributed by atoms with van der Waals surface area (Å²) in [6, 6.07) is 0. The topological polar surface area (TPSA) is 0 Å². The lowest BCUT2D eigenvalue weighted by Crippen LogP contribution is -2.17. The first kappa shape index (κ1) is 11.3. The summed E-state index contributed by atoms with van der Waals surface area (Å²) in [7, 11) is 0. The van der Waals surface area contributed by atoms with Crippen LogP contribution in [0.1, 0.15) is 20.3 Å². The average molecular weight is 178 g/mol. The molecule has 0 bridgehead atoms. The van der Waals surface area contributed by atoms with Crippen molar-refractivity contribution in [2.45, 2.75) is 26.4 Å². The van der Waals surface area contributed by atoms with Crippen molar-refractivity contribution in [3.63, 3.8) is 0 Å². The van der Waals surface area contributed by atoms with Crippen molar-refractivity contribution in [3.05, 3.63) is 24.3 Å². The number of rotatable bonds is 3. The quantitative estimate of drug-likeness (QED) is 0.578. The lowest BCUT2D eigenvalue weighted by Gasteiger charge is -2.16. The molecule has 0 saturated carbocycles. The molecule has 0 fully saturated rings. The van der Waals surface area contributed by atoms with Crippen molar-refractivity contribution in [3.8, 4) is 0 Å². The molecule has 12 heavy (non-hydrogen) atoms. The molecule has 3 heteroatoms. The van der Waals surface area contributed by atoms with E-state index in [-0.39, 0.29) is 0 Å². The van der Waals surface area contributed by atoms with Crippen LogP contribution in [-0.2, 0) is 0 Å². The van der Waals surface area contributed by atoms with Crippen molar-refractivity contribution in [2.75, 3.05) is 0 Å². The Bertz CT molecular complexity index is 177. The molecule has 0 nitrogen and oxygen atoms in total. The second-order valence-corrected chi connectivity index (χ2v) is 2.66. The zero-order valence-electron chi connectivity index (χ0n) is 7.28. The Hall–Kier alpha value is -0.730. The fourth-order valence-electron chi connectivity index (χ4n) is 0.885. The molecular formula is C9H13F3. The number of hydrogen-bond donors (Lipinski definition) is 0. The van der Waals surface area contributed by atoms with Crippen molar-refractivity contribution in [2.24, 2.45) is 5.92 Å². The van der Waals surface area contributed by atoms with Gasteiger partial charge < -0.3 is 0 Å². The number of alkyl halides is 3. The van der Waals surface area contributed by atoms with Crippen molar-refractivity contribution >= 4 is 0 Å². The fourth-order valence-corrected chi connectivity index (χ4v) is 0.885. The Morgan fingerprint density at radius 2 is 2.00 bits per heavy atom. The Kier molecular flexibility index (Phi) is 4.07. The van der Waals surface area contributed by atoms with Gasteiger partial charge in [-0.3, -0.25) is 0 Å². The van der Waals surface area contributed by atoms with Gasteiger partial charge in [0, 0.05) is 5.57 Å². The van der Waals surface area contributed by atoms with E-state index in [9.17, 15) is 13.2 Å². The Morgan fingerprint density at radius 1 is 1.50 bits per heavy atom.